The molecule has 4 nitrogen and oxygen atoms in total. The summed E-state index contributed by atoms with van der Waals surface area (Å²) in [5.41, 5.74) is 2.56. The first-order valence-electron chi connectivity index (χ1n) is 8.77. The molecule has 2 atom stereocenters. The van der Waals surface area contributed by atoms with Crippen LogP contribution in [0.15, 0.2) is 48.5 Å². The zero-order valence-corrected chi connectivity index (χ0v) is 14.8. The highest BCUT2D eigenvalue weighted by molar-refractivity contribution is 5.96. The first kappa shape index (κ1) is 17.5. The molecule has 3 rings (SSSR count). The lowest BCUT2D eigenvalue weighted by molar-refractivity contribution is 0.0693. The summed E-state index contributed by atoms with van der Waals surface area (Å²) in [5, 5.41) is 10.00. The summed E-state index contributed by atoms with van der Waals surface area (Å²) in [5.74, 6) is 0.899. The number of carbonyl (C=O) groups excluding carboxylic acids is 1. The van der Waals surface area contributed by atoms with Gasteiger partial charge in [-0.05, 0) is 36.6 Å². The number of aliphatic hydroxyl groups excluding tert-OH is 1. The van der Waals surface area contributed by atoms with Gasteiger partial charge in [-0.15, -0.1) is 0 Å². The fourth-order valence-electron chi connectivity index (χ4n) is 3.57. The van der Waals surface area contributed by atoms with E-state index in [-0.39, 0.29) is 17.9 Å². The van der Waals surface area contributed by atoms with E-state index >= 15 is 0 Å². The molecule has 2 aromatic carbocycles. The Hall–Kier alpha value is -2.33. The number of carbonyl (C=O) groups is 1. The standard InChI is InChI=1S/C21H25NO3/c1-22(14-17-9-6-10-19(17)23)21(24)16-11-12-20(25-2)18(13-16)15-7-4-3-5-8-15/h3-5,7-8,11-13,17,19,23H,6,9-10,14H2,1-2H3. The van der Waals surface area contributed by atoms with Gasteiger partial charge in [0.25, 0.3) is 5.91 Å². The number of nitrogens with zero attached hydrogens (tertiary/aromatic N) is 1. The molecule has 1 N–H and O–H groups in total. The van der Waals surface area contributed by atoms with Gasteiger partial charge in [-0.25, -0.2) is 0 Å². The summed E-state index contributed by atoms with van der Waals surface area (Å²) < 4.78 is 5.46. The van der Waals surface area contributed by atoms with E-state index in [0.717, 1.165) is 36.1 Å². The quantitative estimate of drug-likeness (QED) is 0.905. The molecule has 2 aromatic rings. The van der Waals surface area contributed by atoms with E-state index in [1.54, 1.807) is 25.1 Å². The molecule has 1 aliphatic rings. The molecule has 1 amide bonds. The fourth-order valence-corrected chi connectivity index (χ4v) is 3.57. The Kier molecular flexibility index (Phi) is 5.39. The van der Waals surface area contributed by atoms with Crippen molar-refractivity contribution in [1.82, 2.24) is 4.90 Å². The smallest absolute Gasteiger partial charge is 0.253 e. The molecule has 132 valence electrons. The molecule has 1 aliphatic carbocycles. The average molecular weight is 339 g/mol. The Morgan fingerprint density at radius 3 is 2.60 bits per heavy atom. The third kappa shape index (κ3) is 3.85. The number of amides is 1. The summed E-state index contributed by atoms with van der Waals surface area (Å²) >= 11 is 0. The molecule has 4 heteroatoms. The van der Waals surface area contributed by atoms with Gasteiger partial charge in [-0.3, -0.25) is 4.79 Å². The van der Waals surface area contributed by atoms with Crippen LogP contribution >= 0.6 is 0 Å². The first-order valence-corrected chi connectivity index (χ1v) is 8.77. The van der Waals surface area contributed by atoms with Crippen molar-refractivity contribution < 1.29 is 14.6 Å². The van der Waals surface area contributed by atoms with Gasteiger partial charge in [0.15, 0.2) is 0 Å². The zero-order valence-electron chi connectivity index (χ0n) is 14.8. The monoisotopic (exact) mass is 339 g/mol. The lowest BCUT2D eigenvalue weighted by atomic mass is 10.0. The van der Waals surface area contributed by atoms with E-state index in [4.69, 9.17) is 4.74 Å². The van der Waals surface area contributed by atoms with Gasteiger partial charge in [0.1, 0.15) is 5.75 Å². The normalized spacial score (nSPS) is 19.6. The summed E-state index contributed by atoms with van der Waals surface area (Å²) in [6, 6.07) is 15.4. The van der Waals surface area contributed by atoms with Crippen LogP contribution in [0.25, 0.3) is 11.1 Å². The highest BCUT2D eigenvalue weighted by Crippen LogP contribution is 2.31. The van der Waals surface area contributed by atoms with E-state index < -0.39 is 0 Å². The van der Waals surface area contributed by atoms with Crippen molar-refractivity contribution in [2.75, 3.05) is 20.7 Å². The summed E-state index contributed by atoms with van der Waals surface area (Å²) in [4.78, 5) is 14.5. The average Bonchev–Trinajstić information content (AvgIpc) is 3.05. The largest absolute Gasteiger partial charge is 0.496 e. The lowest BCUT2D eigenvalue weighted by Gasteiger charge is -2.23. The molecule has 2 unspecified atom stereocenters. The summed E-state index contributed by atoms with van der Waals surface area (Å²) in [7, 11) is 3.44. The SMILES string of the molecule is COc1ccc(C(=O)N(C)CC2CCCC2O)cc1-c1ccccc1. The maximum Gasteiger partial charge on any atom is 0.253 e. The van der Waals surface area contributed by atoms with Crippen LogP contribution in [0.1, 0.15) is 29.6 Å². The zero-order chi connectivity index (χ0) is 17.8. The van der Waals surface area contributed by atoms with Crippen LogP contribution in [0, 0.1) is 5.92 Å². The van der Waals surface area contributed by atoms with Crippen molar-refractivity contribution in [3.63, 3.8) is 0 Å². The Morgan fingerprint density at radius 1 is 1.20 bits per heavy atom. The van der Waals surface area contributed by atoms with Gasteiger partial charge in [-0.2, -0.15) is 0 Å². The molecule has 0 saturated heterocycles. The van der Waals surface area contributed by atoms with Crippen LogP contribution in [0.4, 0.5) is 0 Å². The Labute approximate surface area is 149 Å². The Bertz CT molecular complexity index is 729. The van der Waals surface area contributed by atoms with Crippen molar-refractivity contribution in [1.29, 1.82) is 0 Å². The van der Waals surface area contributed by atoms with E-state index in [1.165, 1.54) is 0 Å². The van der Waals surface area contributed by atoms with Gasteiger partial charge in [-0.1, -0.05) is 36.8 Å². The number of hydrogen-bond acceptors (Lipinski definition) is 3. The Balaban J connectivity index is 1.83. The molecule has 0 aliphatic heterocycles. The predicted molar refractivity (Wildman–Crippen MR) is 98.7 cm³/mol. The van der Waals surface area contributed by atoms with Crippen LogP contribution in [-0.2, 0) is 0 Å². The van der Waals surface area contributed by atoms with E-state index in [2.05, 4.69) is 0 Å². The van der Waals surface area contributed by atoms with Crippen molar-refractivity contribution in [3.8, 4) is 16.9 Å². The molecule has 1 saturated carbocycles. The number of aliphatic hydroxyl groups is 1. The van der Waals surface area contributed by atoms with Crippen molar-refractivity contribution in [3.05, 3.63) is 54.1 Å². The van der Waals surface area contributed by atoms with Crippen LogP contribution in [0.5, 0.6) is 5.75 Å². The second kappa shape index (κ2) is 7.70. The number of methoxy groups -OCH3 is 1. The number of benzene rings is 2. The predicted octanol–water partition coefficient (Wildman–Crippen LogP) is 3.60. The molecule has 0 spiro atoms. The molecule has 0 aromatic heterocycles. The minimum atomic E-state index is -0.286. The highest BCUT2D eigenvalue weighted by atomic mass is 16.5. The van der Waals surface area contributed by atoms with Gasteiger partial charge in [0.2, 0.25) is 0 Å². The van der Waals surface area contributed by atoms with Crippen molar-refractivity contribution in [2.24, 2.45) is 5.92 Å². The van der Waals surface area contributed by atoms with Gasteiger partial charge in [0, 0.05) is 30.6 Å². The summed E-state index contributed by atoms with van der Waals surface area (Å²) in [6.45, 7) is 0.590. The third-order valence-corrected chi connectivity index (χ3v) is 5.01. The number of hydrogen-bond donors (Lipinski definition) is 1. The minimum absolute atomic E-state index is 0.0288. The van der Waals surface area contributed by atoms with Crippen LogP contribution in [-0.4, -0.2) is 42.7 Å². The minimum Gasteiger partial charge on any atom is -0.496 e. The molecule has 0 heterocycles. The maximum atomic E-state index is 12.8. The second-order valence-corrected chi connectivity index (χ2v) is 6.73. The molecule has 25 heavy (non-hydrogen) atoms. The number of ether oxygens (including phenoxy) is 1. The molecule has 1 fully saturated rings. The molecular formula is C21H25NO3. The molecule has 0 radical (unpaired) electrons. The molecule has 0 bridgehead atoms. The fraction of sp³-hybridized carbons (Fsp3) is 0.381. The Morgan fingerprint density at radius 2 is 1.96 bits per heavy atom. The van der Waals surface area contributed by atoms with Gasteiger partial charge < -0.3 is 14.7 Å². The van der Waals surface area contributed by atoms with E-state index in [1.807, 2.05) is 42.5 Å². The van der Waals surface area contributed by atoms with Gasteiger partial charge in [0.05, 0.1) is 13.2 Å². The third-order valence-electron chi connectivity index (χ3n) is 5.01. The van der Waals surface area contributed by atoms with Crippen molar-refractivity contribution >= 4 is 5.91 Å². The maximum absolute atomic E-state index is 12.8. The number of rotatable bonds is 5. The van der Waals surface area contributed by atoms with Crippen LogP contribution in [0.2, 0.25) is 0 Å². The van der Waals surface area contributed by atoms with E-state index in [9.17, 15) is 9.90 Å². The topological polar surface area (TPSA) is 49.8 Å². The summed E-state index contributed by atoms with van der Waals surface area (Å²) in [6.07, 6.45) is 2.57. The van der Waals surface area contributed by atoms with Crippen LogP contribution < -0.4 is 4.74 Å². The first-order chi connectivity index (χ1) is 12.1. The van der Waals surface area contributed by atoms with Crippen LogP contribution in [0.3, 0.4) is 0 Å². The second-order valence-electron chi connectivity index (χ2n) is 6.73. The lowest BCUT2D eigenvalue weighted by Crippen LogP contribution is -2.34. The van der Waals surface area contributed by atoms with E-state index in [0.29, 0.717) is 12.1 Å². The van der Waals surface area contributed by atoms with Gasteiger partial charge >= 0.3 is 0 Å². The highest BCUT2D eigenvalue weighted by Gasteiger charge is 2.28. The van der Waals surface area contributed by atoms with Crippen molar-refractivity contribution in [2.45, 2.75) is 25.4 Å². The molecular weight excluding hydrogens is 314 g/mol.